The zero-order valence-corrected chi connectivity index (χ0v) is 14.4. The molecule has 0 bridgehead atoms. The number of nitrogens with one attached hydrogen (secondary N) is 1. The predicted octanol–water partition coefficient (Wildman–Crippen LogP) is 2.11. The molecule has 3 rings (SSSR count). The highest BCUT2D eigenvalue weighted by Gasteiger charge is 2.24. The van der Waals surface area contributed by atoms with E-state index in [9.17, 15) is 4.79 Å². The van der Waals surface area contributed by atoms with Gasteiger partial charge in [-0.1, -0.05) is 67.6 Å². The molecule has 2 aromatic rings. The molecule has 1 fully saturated rings. The number of nitrogens with zero attached hydrogens (tertiary/aromatic N) is 1. The van der Waals surface area contributed by atoms with E-state index in [-0.39, 0.29) is 5.92 Å². The molecule has 126 valence electrons. The Bertz CT molecular complexity index is 633. The van der Waals surface area contributed by atoms with Crippen LogP contribution >= 0.6 is 0 Å². The molecule has 0 aliphatic carbocycles. The van der Waals surface area contributed by atoms with Crippen LogP contribution in [0.25, 0.3) is 0 Å². The molecule has 24 heavy (non-hydrogen) atoms. The van der Waals surface area contributed by atoms with Gasteiger partial charge in [0.1, 0.15) is 6.54 Å². The fourth-order valence-corrected chi connectivity index (χ4v) is 3.42. The second-order valence-corrected chi connectivity index (χ2v) is 6.81. The van der Waals surface area contributed by atoms with Crippen LogP contribution < -0.4 is 4.90 Å². The van der Waals surface area contributed by atoms with Crippen molar-refractivity contribution in [2.45, 2.75) is 25.8 Å². The van der Waals surface area contributed by atoms with Crippen LogP contribution in [0.4, 0.5) is 0 Å². The lowest BCUT2D eigenvalue weighted by Crippen LogP contribution is -3.13. The number of carbonyl (C=O) groups excluding carboxylic acids is 1. The maximum absolute atomic E-state index is 12.6. The number of piperazine rings is 1. The molecule has 0 aromatic heterocycles. The molecular formula is C21H27N2O+. The number of hydrogen-bond acceptors (Lipinski definition) is 1. The molecular weight excluding hydrogens is 296 g/mol. The van der Waals surface area contributed by atoms with Crippen molar-refractivity contribution in [3.05, 3.63) is 71.8 Å². The molecule has 1 unspecified atom stereocenters. The van der Waals surface area contributed by atoms with Gasteiger partial charge < -0.3 is 9.80 Å². The summed E-state index contributed by atoms with van der Waals surface area (Å²) < 4.78 is 0. The van der Waals surface area contributed by atoms with Crippen molar-refractivity contribution in [3.8, 4) is 0 Å². The molecule has 3 heteroatoms. The van der Waals surface area contributed by atoms with Crippen molar-refractivity contribution in [2.24, 2.45) is 0 Å². The van der Waals surface area contributed by atoms with Crippen molar-refractivity contribution in [2.75, 3.05) is 26.2 Å². The number of rotatable bonds is 5. The number of hydrogen-bond donors (Lipinski definition) is 1. The van der Waals surface area contributed by atoms with Gasteiger partial charge in [-0.05, 0) is 11.5 Å². The maximum atomic E-state index is 12.6. The average Bonchev–Trinajstić information content (AvgIpc) is 2.64. The molecule has 1 aliphatic heterocycles. The van der Waals surface area contributed by atoms with E-state index < -0.39 is 0 Å². The molecule has 3 nitrogen and oxygen atoms in total. The summed E-state index contributed by atoms with van der Waals surface area (Å²) in [6.07, 6.45) is 0.609. The second-order valence-electron chi connectivity index (χ2n) is 6.81. The highest BCUT2D eigenvalue weighted by atomic mass is 16.2. The molecule has 0 radical (unpaired) electrons. The van der Waals surface area contributed by atoms with E-state index >= 15 is 0 Å². The fourth-order valence-electron chi connectivity index (χ4n) is 3.42. The van der Waals surface area contributed by atoms with Crippen LogP contribution in [0.5, 0.6) is 0 Å². The van der Waals surface area contributed by atoms with Gasteiger partial charge in [0.2, 0.25) is 5.91 Å². The Kier molecular flexibility index (Phi) is 5.65. The van der Waals surface area contributed by atoms with Crippen LogP contribution in [-0.4, -0.2) is 37.0 Å². The largest absolute Gasteiger partial charge is 0.331 e. The van der Waals surface area contributed by atoms with E-state index in [1.165, 1.54) is 11.1 Å². The van der Waals surface area contributed by atoms with Gasteiger partial charge in [0.05, 0.1) is 26.2 Å². The van der Waals surface area contributed by atoms with Crippen LogP contribution in [0.1, 0.15) is 30.4 Å². The molecule has 1 saturated heterocycles. The van der Waals surface area contributed by atoms with Crippen molar-refractivity contribution < 1.29 is 9.69 Å². The standard InChI is InChI=1S/C21H26N2O/c1-18(20-10-6-3-7-11-20)16-21(24)23-14-12-22(13-15-23)17-19-8-4-2-5-9-19/h2-11,18H,12-17H2,1H3/p+1. The summed E-state index contributed by atoms with van der Waals surface area (Å²) in [7, 11) is 0. The summed E-state index contributed by atoms with van der Waals surface area (Å²) in [5, 5.41) is 0. The van der Waals surface area contributed by atoms with Crippen LogP contribution in [0.3, 0.4) is 0 Å². The third-order valence-electron chi connectivity index (χ3n) is 4.97. The minimum absolute atomic E-state index is 0.286. The Labute approximate surface area is 144 Å². The van der Waals surface area contributed by atoms with Gasteiger partial charge >= 0.3 is 0 Å². The van der Waals surface area contributed by atoms with E-state index in [0.717, 1.165) is 32.7 Å². The SMILES string of the molecule is CC(CC(=O)N1CC[NH+](Cc2ccccc2)CC1)c1ccccc1. The molecule has 1 amide bonds. The van der Waals surface area contributed by atoms with Gasteiger partial charge in [-0.25, -0.2) is 0 Å². The number of amides is 1. The first-order valence-corrected chi connectivity index (χ1v) is 8.92. The van der Waals surface area contributed by atoms with Gasteiger partial charge in [-0.2, -0.15) is 0 Å². The first-order chi connectivity index (χ1) is 11.7. The Balaban J connectivity index is 1.47. The van der Waals surface area contributed by atoms with Crippen LogP contribution in [-0.2, 0) is 11.3 Å². The van der Waals surface area contributed by atoms with Crippen molar-refractivity contribution in [1.82, 2.24) is 4.90 Å². The number of carbonyl (C=O) groups is 1. The lowest BCUT2D eigenvalue weighted by molar-refractivity contribution is -0.917. The molecule has 1 N–H and O–H groups in total. The third kappa shape index (κ3) is 4.45. The van der Waals surface area contributed by atoms with Crippen molar-refractivity contribution in [1.29, 1.82) is 0 Å². The zero-order valence-electron chi connectivity index (χ0n) is 14.4. The lowest BCUT2D eigenvalue weighted by Gasteiger charge is -2.33. The molecule has 0 saturated carbocycles. The lowest BCUT2D eigenvalue weighted by atomic mass is 9.97. The van der Waals surface area contributed by atoms with Gasteiger partial charge in [0.25, 0.3) is 0 Å². The molecule has 1 atom stereocenters. The smallest absolute Gasteiger partial charge is 0.223 e. The number of quaternary nitrogens is 1. The topological polar surface area (TPSA) is 24.8 Å². The molecule has 1 aliphatic rings. The second kappa shape index (κ2) is 8.11. The average molecular weight is 323 g/mol. The Morgan fingerprint density at radius 3 is 2.21 bits per heavy atom. The Morgan fingerprint density at radius 1 is 1.00 bits per heavy atom. The summed E-state index contributed by atoms with van der Waals surface area (Å²) >= 11 is 0. The van der Waals surface area contributed by atoms with Crippen molar-refractivity contribution in [3.63, 3.8) is 0 Å². The summed E-state index contributed by atoms with van der Waals surface area (Å²) in [6, 6.07) is 21.0. The molecule has 1 heterocycles. The Morgan fingerprint density at radius 2 is 1.58 bits per heavy atom. The molecule has 2 aromatic carbocycles. The van der Waals surface area contributed by atoms with Crippen LogP contribution in [0, 0.1) is 0 Å². The first-order valence-electron chi connectivity index (χ1n) is 8.92. The Hall–Kier alpha value is -2.13. The minimum Gasteiger partial charge on any atom is -0.331 e. The summed E-state index contributed by atoms with van der Waals surface area (Å²) in [5.74, 6) is 0.582. The van der Waals surface area contributed by atoms with E-state index in [4.69, 9.17) is 0 Å². The van der Waals surface area contributed by atoms with Gasteiger partial charge in [0, 0.05) is 12.0 Å². The number of benzene rings is 2. The van der Waals surface area contributed by atoms with E-state index in [1.807, 2.05) is 23.1 Å². The first kappa shape index (κ1) is 16.7. The van der Waals surface area contributed by atoms with E-state index in [2.05, 4.69) is 49.4 Å². The van der Waals surface area contributed by atoms with E-state index in [1.54, 1.807) is 4.90 Å². The highest BCUT2D eigenvalue weighted by Crippen LogP contribution is 2.19. The molecule has 0 spiro atoms. The van der Waals surface area contributed by atoms with Gasteiger partial charge in [-0.15, -0.1) is 0 Å². The highest BCUT2D eigenvalue weighted by molar-refractivity contribution is 5.77. The van der Waals surface area contributed by atoms with Crippen molar-refractivity contribution >= 4 is 5.91 Å². The summed E-state index contributed by atoms with van der Waals surface area (Å²) in [5.41, 5.74) is 2.63. The predicted molar refractivity (Wildman–Crippen MR) is 96.9 cm³/mol. The monoisotopic (exact) mass is 323 g/mol. The minimum atomic E-state index is 0.286. The zero-order chi connectivity index (χ0) is 16.8. The quantitative estimate of drug-likeness (QED) is 0.895. The fraction of sp³-hybridized carbons (Fsp3) is 0.381. The van der Waals surface area contributed by atoms with Gasteiger partial charge in [0.15, 0.2) is 0 Å². The summed E-state index contributed by atoms with van der Waals surface area (Å²) in [6.45, 7) is 7.04. The van der Waals surface area contributed by atoms with Crippen LogP contribution in [0.2, 0.25) is 0 Å². The third-order valence-corrected chi connectivity index (χ3v) is 4.97. The van der Waals surface area contributed by atoms with E-state index in [0.29, 0.717) is 12.3 Å². The maximum Gasteiger partial charge on any atom is 0.223 e. The van der Waals surface area contributed by atoms with Crippen LogP contribution in [0.15, 0.2) is 60.7 Å². The normalized spacial score (nSPS) is 16.8. The van der Waals surface area contributed by atoms with Gasteiger partial charge in [-0.3, -0.25) is 4.79 Å². The summed E-state index contributed by atoms with van der Waals surface area (Å²) in [4.78, 5) is 16.2.